The van der Waals surface area contributed by atoms with Crippen LogP contribution < -0.4 is 15.7 Å². The zero-order chi connectivity index (χ0) is 13.8. The minimum absolute atomic E-state index is 0.280. The van der Waals surface area contributed by atoms with Crippen LogP contribution in [0.4, 0.5) is 5.69 Å². The van der Waals surface area contributed by atoms with Gasteiger partial charge < -0.3 is 10.2 Å². The maximum absolute atomic E-state index is 11.8. The fraction of sp³-hybridized carbons (Fsp3) is 0.571. The molecule has 6 heteroatoms. The van der Waals surface area contributed by atoms with Gasteiger partial charge in [-0.15, -0.1) is 0 Å². The Morgan fingerprint density at radius 3 is 2.85 bits per heavy atom. The summed E-state index contributed by atoms with van der Waals surface area (Å²) < 4.78 is 0. The van der Waals surface area contributed by atoms with Gasteiger partial charge in [-0.3, -0.25) is 9.63 Å². The molecule has 20 heavy (non-hydrogen) atoms. The topological polar surface area (TPSA) is 66.5 Å². The minimum atomic E-state index is -0.280. The molecular weight excluding hydrogens is 256 g/mol. The number of rotatable bonds is 5. The molecule has 2 aliphatic rings. The van der Waals surface area contributed by atoms with E-state index in [0.29, 0.717) is 18.2 Å². The first-order chi connectivity index (χ1) is 9.83. The molecule has 2 fully saturated rings. The number of nitrogens with one attached hydrogen (secondary N) is 2. The Balaban J connectivity index is 1.52. The Bertz CT molecular complexity index is 453. The quantitative estimate of drug-likeness (QED) is 0.769. The molecule has 1 aliphatic heterocycles. The van der Waals surface area contributed by atoms with Crippen LogP contribution in [0.1, 0.15) is 23.3 Å². The van der Waals surface area contributed by atoms with Crippen molar-refractivity contribution in [3.63, 3.8) is 0 Å². The lowest BCUT2D eigenvalue weighted by molar-refractivity contribution is 0.0266. The summed E-state index contributed by atoms with van der Waals surface area (Å²) in [5.41, 5.74) is 3.89. The molecular formula is C14H20N4O2. The van der Waals surface area contributed by atoms with Gasteiger partial charge in [0.15, 0.2) is 0 Å². The summed E-state index contributed by atoms with van der Waals surface area (Å²) in [6, 6.07) is 3.68. The largest absolute Gasteiger partial charge is 0.368 e. The van der Waals surface area contributed by atoms with Crippen molar-refractivity contribution in [2.45, 2.75) is 12.8 Å². The second-order valence-electron chi connectivity index (χ2n) is 5.32. The van der Waals surface area contributed by atoms with Crippen LogP contribution in [-0.2, 0) is 4.84 Å². The van der Waals surface area contributed by atoms with Crippen LogP contribution in [0.15, 0.2) is 18.3 Å². The summed E-state index contributed by atoms with van der Waals surface area (Å²) in [6.45, 7) is 4.51. The van der Waals surface area contributed by atoms with E-state index in [1.807, 2.05) is 6.07 Å². The first-order valence-corrected chi connectivity index (χ1v) is 7.17. The molecule has 0 atom stereocenters. The van der Waals surface area contributed by atoms with Crippen molar-refractivity contribution in [2.75, 3.05) is 37.7 Å². The third-order valence-corrected chi connectivity index (χ3v) is 3.64. The molecule has 3 rings (SSSR count). The van der Waals surface area contributed by atoms with Crippen LogP contribution in [-0.4, -0.2) is 43.7 Å². The Labute approximate surface area is 118 Å². The van der Waals surface area contributed by atoms with E-state index in [-0.39, 0.29) is 5.91 Å². The van der Waals surface area contributed by atoms with Gasteiger partial charge in [-0.2, -0.15) is 0 Å². The summed E-state index contributed by atoms with van der Waals surface area (Å²) in [5, 5.41) is 3.31. The van der Waals surface area contributed by atoms with Gasteiger partial charge in [0.25, 0.3) is 5.91 Å². The number of piperazine rings is 1. The molecule has 1 aliphatic carbocycles. The molecule has 0 radical (unpaired) electrons. The van der Waals surface area contributed by atoms with Crippen molar-refractivity contribution < 1.29 is 9.63 Å². The van der Waals surface area contributed by atoms with Crippen molar-refractivity contribution in [2.24, 2.45) is 5.92 Å². The number of carbonyl (C=O) groups excluding carboxylic acids is 1. The molecule has 108 valence electrons. The number of aromatic nitrogens is 1. The zero-order valence-electron chi connectivity index (χ0n) is 11.5. The fourth-order valence-electron chi connectivity index (χ4n) is 2.19. The predicted molar refractivity (Wildman–Crippen MR) is 75.5 cm³/mol. The molecule has 1 amide bonds. The number of pyridine rings is 1. The summed E-state index contributed by atoms with van der Waals surface area (Å²) >= 11 is 0. The summed E-state index contributed by atoms with van der Waals surface area (Å²) in [4.78, 5) is 23.4. The van der Waals surface area contributed by atoms with Crippen LogP contribution in [0.25, 0.3) is 0 Å². The van der Waals surface area contributed by atoms with Crippen LogP contribution >= 0.6 is 0 Å². The lowest BCUT2D eigenvalue weighted by Gasteiger charge is -2.29. The highest BCUT2D eigenvalue weighted by molar-refractivity contribution is 5.91. The van der Waals surface area contributed by atoms with E-state index in [0.717, 1.165) is 31.9 Å². The highest BCUT2D eigenvalue weighted by atomic mass is 16.7. The SMILES string of the molecule is O=C(NOCC1CC1)c1ccc(N2CCNCC2)cn1. The van der Waals surface area contributed by atoms with E-state index in [2.05, 4.69) is 20.7 Å². The van der Waals surface area contributed by atoms with Crippen molar-refractivity contribution in [3.05, 3.63) is 24.0 Å². The summed E-state index contributed by atoms with van der Waals surface area (Å²) in [6.07, 6.45) is 4.15. The highest BCUT2D eigenvalue weighted by Gasteiger charge is 2.22. The molecule has 2 N–H and O–H groups in total. The van der Waals surface area contributed by atoms with Gasteiger partial charge >= 0.3 is 0 Å². The standard InChI is InChI=1S/C14H20N4O2/c19-14(17-20-10-11-1-2-11)13-4-3-12(9-16-13)18-7-5-15-6-8-18/h3-4,9,11,15H,1-2,5-8,10H2,(H,17,19). The van der Waals surface area contributed by atoms with Gasteiger partial charge in [0.05, 0.1) is 18.5 Å². The molecule has 2 heterocycles. The lowest BCUT2D eigenvalue weighted by Crippen LogP contribution is -2.43. The predicted octanol–water partition coefficient (Wildman–Crippen LogP) is 0.563. The van der Waals surface area contributed by atoms with Crippen molar-refractivity contribution in [1.29, 1.82) is 0 Å². The average Bonchev–Trinajstić information content (AvgIpc) is 3.32. The molecule has 1 aromatic rings. The maximum atomic E-state index is 11.8. The Morgan fingerprint density at radius 2 is 2.20 bits per heavy atom. The first kappa shape index (κ1) is 13.3. The second kappa shape index (κ2) is 6.19. The van der Waals surface area contributed by atoms with E-state index in [1.165, 1.54) is 12.8 Å². The third kappa shape index (κ3) is 3.46. The number of nitrogens with zero attached hydrogens (tertiary/aromatic N) is 2. The number of hydrogen-bond donors (Lipinski definition) is 2. The second-order valence-corrected chi connectivity index (χ2v) is 5.32. The molecule has 0 bridgehead atoms. The summed E-state index contributed by atoms with van der Waals surface area (Å²) in [5.74, 6) is 0.343. The summed E-state index contributed by atoms with van der Waals surface area (Å²) in [7, 11) is 0. The van der Waals surface area contributed by atoms with Gasteiger partial charge in [-0.1, -0.05) is 0 Å². The van der Waals surface area contributed by atoms with Crippen LogP contribution in [0, 0.1) is 5.92 Å². The molecule has 6 nitrogen and oxygen atoms in total. The maximum Gasteiger partial charge on any atom is 0.293 e. The van der Waals surface area contributed by atoms with Crippen molar-refractivity contribution in [3.8, 4) is 0 Å². The number of amides is 1. The van der Waals surface area contributed by atoms with Gasteiger partial charge in [-0.25, -0.2) is 10.5 Å². The van der Waals surface area contributed by atoms with E-state index >= 15 is 0 Å². The molecule has 0 unspecified atom stereocenters. The number of carbonyl (C=O) groups is 1. The molecule has 0 aromatic carbocycles. The third-order valence-electron chi connectivity index (χ3n) is 3.64. The Kier molecular flexibility index (Phi) is 4.13. The smallest absolute Gasteiger partial charge is 0.293 e. The monoisotopic (exact) mass is 276 g/mol. The number of hydrogen-bond acceptors (Lipinski definition) is 5. The lowest BCUT2D eigenvalue weighted by atomic mass is 10.2. The average molecular weight is 276 g/mol. The normalized spacial score (nSPS) is 18.9. The van der Waals surface area contributed by atoms with E-state index in [9.17, 15) is 4.79 Å². The molecule has 0 spiro atoms. The van der Waals surface area contributed by atoms with Crippen molar-refractivity contribution >= 4 is 11.6 Å². The molecule has 1 saturated heterocycles. The van der Waals surface area contributed by atoms with Gasteiger partial charge in [0.1, 0.15) is 5.69 Å². The first-order valence-electron chi connectivity index (χ1n) is 7.17. The molecule has 1 saturated carbocycles. The van der Waals surface area contributed by atoms with E-state index in [4.69, 9.17) is 4.84 Å². The van der Waals surface area contributed by atoms with E-state index in [1.54, 1.807) is 12.3 Å². The van der Waals surface area contributed by atoms with Gasteiger partial charge in [0, 0.05) is 26.2 Å². The van der Waals surface area contributed by atoms with Crippen LogP contribution in [0.2, 0.25) is 0 Å². The number of hydroxylamine groups is 1. The highest BCUT2D eigenvalue weighted by Crippen LogP contribution is 2.28. The van der Waals surface area contributed by atoms with Gasteiger partial charge in [0.2, 0.25) is 0 Å². The van der Waals surface area contributed by atoms with Crippen LogP contribution in [0.3, 0.4) is 0 Å². The zero-order valence-corrected chi connectivity index (χ0v) is 11.5. The van der Waals surface area contributed by atoms with E-state index < -0.39 is 0 Å². The number of anilines is 1. The Morgan fingerprint density at radius 1 is 1.40 bits per heavy atom. The van der Waals surface area contributed by atoms with Crippen LogP contribution in [0.5, 0.6) is 0 Å². The molecule has 1 aromatic heterocycles. The van der Waals surface area contributed by atoms with Crippen molar-refractivity contribution in [1.82, 2.24) is 15.8 Å². The minimum Gasteiger partial charge on any atom is -0.368 e. The Hall–Kier alpha value is -1.66. The fourth-order valence-corrected chi connectivity index (χ4v) is 2.19. The van der Waals surface area contributed by atoms with Gasteiger partial charge in [-0.05, 0) is 30.9 Å².